The minimum absolute atomic E-state index is 0.110. The van der Waals surface area contributed by atoms with Gasteiger partial charge in [-0.1, -0.05) is 24.6 Å². The van der Waals surface area contributed by atoms with Gasteiger partial charge in [0.2, 0.25) is 0 Å². The first-order chi connectivity index (χ1) is 10.6. The lowest BCUT2D eigenvalue weighted by Crippen LogP contribution is -2.20. The van der Waals surface area contributed by atoms with E-state index in [-0.39, 0.29) is 12.5 Å². The fourth-order valence-electron chi connectivity index (χ4n) is 1.92. The molecule has 4 nitrogen and oxygen atoms in total. The van der Waals surface area contributed by atoms with Gasteiger partial charge >= 0.3 is 0 Å². The Labute approximate surface area is 134 Å². The zero-order chi connectivity index (χ0) is 15.9. The largest absolute Gasteiger partial charge is 0.484 e. The van der Waals surface area contributed by atoms with Crippen LogP contribution in [0.3, 0.4) is 0 Å². The lowest BCUT2D eigenvalue weighted by molar-refractivity contribution is -0.118. The number of aryl methyl sites for hydroxylation is 1. The van der Waals surface area contributed by atoms with E-state index in [4.69, 9.17) is 21.6 Å². The average Bonchev–Trinajstić information content (AvgIpc) is 2.54. The molecule has 0 aliphatic carbocycles. The molecular formula is C17H15ClN2O2. The summed E-state index contributed by atoms with van der Waals surface area (Å²) in [5.74, 6) is 0.310. The zero-order valence-electron chi connectivity index (χ0n) is 12.1. The standard InChI is InChI=1S/C17H15ClN2O2/c1-2-13-9-15(6-7-16(13)18)22-11-17(21)20-14-5-3-4-12(8-14)10-19/h3-9H,2,11H2,1H3,(H,20,21). The molecule has 0 unspecified atom stereocenters. The number of carbonyl (C=O) groups is 1. The van der Waals surface area contributed by atoms with E-state index in [9.17, 15) is 4.79 Å². The Kier molecular flexibility index (Phi) is 5.40. The summed E-state index contributed by atoms with van der Waals surface area (Å²) in [5, 5.41) is 12.2. The number of hydrogen-bond donors (Lipinski definition) is 1. The molecule has 5 heteroatoms. The molecule has 1 amide bonds. The van der Waals surface area contributed by atoms with Crippen LogP contribution >= 0.6 is 11.6 Å². The van der Waals surface area contributed by atoms with Crippen molar-refractivity contribution in [1.29, 1.82) is 5.26 Å². The van der Waals surface area contributed by atoms with Crippen LogP contribution in [0.1, 0.15) is 18.1 Å². The average molecular weight is 315 g/mol. The Morgan fingerprint density at radius 1 is 1.32 bits per heavy atom. The van der Waals surface area contributed by atoms with Gasteiger partial charge in [-0.05, 0) is 48.4 Å². The predicted molar refractivity (Wildman–Crippen MR) is 86.1 cm³/mol. The minimum Gasteiger partial charge on any atom is -0.484 e. The van der Waals surface area contributed by atoms with Crippen LogP contribution in [0.25, 0.3) is 0 Å². The van der Waals surface area contributed by atoms with Gasteiger partial charge in [0.05, 0.1) is 11.6 Å². The van der Waals surface area contributed by atoms with Crippen molar-refractivity contribution in [2.75, 3.05) is 11.9 Å². The molecule has 112 valence electrons. The first kappa shape index (κ1) is 15.9. The smallest absolute Gasteiger partial charge is 0.262 e. The molecular weight excluding hydrogens is 300 g/mol. The van der Waals surface area contributed by atoms with Gasteiger partial charge in [0.1, 0.15) is 5.75 Å². The van der Waals surface area contributed by atoms with Gasteiger partial charge in [-0.3, -0.25) is 4.79 Å². The van der Waals surface area contributed by atoms with Crippen LogP contribution in [0.4, 0.5) is 5.69 Å². The summed E-state index contributed by atoms with van der Waals surface area (Å²) in [6, 6.07) is 14.0. The van der Waals surface area contributed by atoms with Gasteiger partial charge in [0.25, 0.3) is 5.91 Å². The van der Waals surface area contributed by atoms with E-state index in [2.05, 4.69) is 5.32 Å². The van der Waals surface area contributed by atoms with E-state index in [1.54, 1.807) is 36.4 Å². The van der Waals surface area contributed by atoms with Gasteiger partial charge < -0.3 is 10.1 Å². The summed E-state index contributed by atoms with van der Waals surface area (Å²) in [4.78, 5) is 11.9. The van der Waals surface area contributed by atoms with E-state index < -0.39 is 0 Å². The van der Waals surface area contributed by atoms with E-state index >= 15 is 0 Å². The number of rotatable bonds is 5. The Bertz CT molecular complexity index is 723. The molecule has 1 N–H and O–H groups in total. The van der Waals surface area contributed by atoms with Crippen molar-refractivity contribution in [3.63, 3.8) is 0 Å². The third kappa shape index (κ3) is 4.24. The summed E-state index contributed by atoms with van der Waals surface area (Å²) < 4.78 is 5.46. The topological polar surface area (TPSA) is 62.1 Å². The van der Waals surface area contributed by atoms with Crippen LogP contribution in [0.15, 0.2) is 42.5 Å². The third-order valence-corrected chi connectivity index (χ3v) is 3.41. The number of carbonyl (C=O) groups excluding carboxylic acids is 1. The molecule has 0 atom stereocenters. The highest BCUT2D eigenvalue weighted by atomic mass is 35.5. The molecule has 0 bridgehead atoms. The molecule has 0 spiro atoms. The molecule has 0 aliphatic rings. The molecule has 0 saturated heterocycles. The highest BCUT2D eigenvalue weighted by Crippen LogP contribution is 2.22. The minimum atomic E-state index is -0.289. The number of nitriles is 1. The van der Waals surface area contributed by atoms with Crippen molar-refractivity contribution in [3.8, 4) is 11.8 Å². The van der Waals surface area contributed by atoms with Crippen LogP contribution in [0, 0.1) is 11.3 Å². The number of nitrogens with zero attached hydrogens (tertiary/aromatic N) is 1. The van der Waals surface area contributed by atoms with Crippen molar-refractivity contribution < 1.29 is 9.53 Å². The highest BCUT2D eigenvalue weighted by molar-refractivity contribution is 6.31. The number of amides is 1. The Morgan fingerprint density at radius 2 is 2.14 bits per heavy atom. The van der Waals surface area contributed by atoms with E-state index in [1.165, 1.54) is 0 Å². The molecule has 0 aromatic heterocycles. The Hall–Kier alpha value is -2.51. The number of benzene rings is 2. The third-order valence-electron chi connectivity index (χ3n) is 3.04. The summed E-state index contributed by atoms with van der Waals surface area (Å²) in [6.45, 7) is 1.89. The summed E-state index contributed by atoms with van der Waals surface area (Å²) in [7, 11) is 0. The van der Waals surface area contributed by atoms with E-state index in [0.717, 1.165) is 12.0 Å². The fourth-order valence-corrected chi connectivity index (χ4v) is 2.18. The second-order valence-electron chi connectivity index (χ2n) is 4.64. The maximum absolute atomic E-state index is 11.9. The second kappa shape index (κ2) is 7.48. The van der Waals surface area contributed by atoms with Crippen molar-refractivity contribution >= 4 is 23.2 Å². The van der Waals surface area contributed by atoms with Crippen LogP contribution in [-0.4, -0.2) is 12.5 Å². The van der Waals surface area contributed by atoms with Gasteiger partial charge in [-0.25, -0.2) is 0 Å². The quantitative estimate of drug-likeness (QED) is 0.913. The number of ether oxygens (including phenoxy) is 1. The van der Waals surface area contributed by atoms with Gasteiger partial charge in [0, 0.05) is 10.7 Å². The Morgan fingerprint density at radius 3 is 2.86 bits per heavy atom. The molecule has 0 heterocycles. The number of halogens is 1. The lowest BCUT2D eigenvalue weighted by atomic mass is 10.1. The fraction of sp³-hybridized carbons (Fsp3) is 0.176. The zero-order valence-corrected chi connectivity index (χ0v) is 12.9. The molecule has 0 fully saturated rings. The SMILES string of the molecule is CCc1cc(OCC(=O)Nc2cccc(C#N)c2)ccc1Cl. The molecule has 2 rings (SSSR count). The molecule has 22 heavy (non-hydrogen) atoms. The van der Waals surface area contributed by atoms with Gasteiger partial charge in [0.15, 0.2) is 6.61 Å². The summed E-state index contributed by atoms with van der Waals surface area (Å²) in [6.07, 6.45) is 0.795. The first-order valence-electron chi connectivity index (χ1n) is 6.83. The molecule has 0 radical (unpaired) electrons. The van der Waals surface area contributed by atoms with Crippen LogP contribution in [0.5, 0.6) is 5.75 Å². The van der Waals surface area contributed by atoms with Crippen molar-refractivity contribution in [2.24, 2.45) is 0 Å². The number of anilines is 1. The van der Waals surface area contributed by atoms with E-state index in [1.807, 2.05) is 19.1 Å². The van der Waals surface area contributed by atoms with Crippen molar-refractivity contribution in [2.45, 2.75) is 13.3 Å². The monoisotopic (exact) mass is 314 g/mol. The molecule has 0 saturated carbocycles. The molecule has 2 aromatic rings. The normalized spacial score (nSPS) is 9.86. The number of hydrogen-bond acceptors (Lipinski definition) is 3. The van der Waals surface area contributed by atoms with Crippen molar-refractivity contribution in [3.05, 3.63) is 58.6 Å². The molecule has 0 aliphatic heterocycles. The van der Waals surface area contributed by atoms with Crippen molar-refractivity contribution in [1.82, 2.24) is 0 Å². The lowest BCUT2D eigenvalue weighted by Gasteiger charge is -2.09. The maximum atomic E-state index is 11.9. The summed E-state index contributed by atoms with van der Waals surface area (Å²) >= 11 is 6.03. The molecule has 2 aromatic carbocycles. The van der Waals surface area contributed by atoms with Crippen LogP contribution in [-0.2, 0) is 11.2 Å². The van der Waals surface area contributed by atoms with E-state index in [0.29, 0.717) is 22.0 Å². The summed E-state index contributed by atoms with van der Waals surface area (Å²) in [5.41, 5.74) is 2.03. The predicted octanol–water partition coefficient (Wildman–Crippen LogP) is 3.79. The maximum Gasteiger partial charge on any atom is 0.262 e. The van der Waals surface area contributed by atoms with Crippen LogP contribution < -0.4 is 10.1 Å². The van der Waals surface area contributed by atoms with Crippen LogP contribution in [0.2, 0.25) is 5.02 Å². The van der Waals surface area contributed by atoms with Gasteiger partial charge in [-0.2, -0.15) is 5.26 Å². The second-order valence-corrected chi connectivity index (χ2v) is 5.04. The van der Waals surface area contributed by atoms with Gasteiger partial charge in [-0.15, -0.1) is 0 Å². The highest BCUT2D eigenvalue weighted by Gasteiger charge is 2.06. The first-order valence-corrected chi connectivity index (χ1v) is 7.21. The Balaban J connectivity index is 1.94. The number of nitrogens with one attached hydrogen (secondary N) is 1.